The fourth-order valence-corrected chi connectivity index (χ4v) is 3.74. The number of nitrogen functional groups attached to an aromatic ring is 1. The Morgan fingerprint density at radius 3 is 2.90 bits per heavy atom. The van der Waals surface area contributed by atoms with E-state index in [-0.39, 0.29) is 5.91 Å². The van der Waals surface area contributed by atoms with Crippen molar-refractivity contribution in [2.45, 2.75) is 32.5 Å². The number of pyridine rings is 1. The van der Waals surface area contributed by atoms with Crippen molar-refractivity contribution in [3.63, 3.8) is 0 Å². The standard InChI is InChI=1S/C20H28N6O2S/c1-3-28-12-16-25-17-18(13-6-4-5-7-15(13)24-19(17)22)26(16)10-9-23-20(27)14(21)8-11-29-2/h4-7,14H,3,8-12,21H2,1-2H3,(H2,22,24)(H,23,27)/t14-/m0/s1. The summed E-state index contributed by atoms with van der Waals surface area (Å²) in [4.78, 5) is 21.4. The summed E-state index contributed by atoms with van der Waals surface area (Å²) in [6.45, 7) is 3.85. The number of para-hydroxylation sites is 1. The van der Waals surface area contributed by atoms with Gasteiger partial charge in [-0.2, -0.15) is 11.8 Å². The lowest BCUT2D eigenvalue weighted by molar-refractivity contribution is -0.122. The van der Waals surface area contributed by atoms with E-state index in [0.717, 1.165) is 28.0 Å². The van der Waals surface area contributed by atoms with Crippen molar-refractivity contribution in [2.75, 3.05) is 30.9 Å². The van der Waals surface area contributed by atoms with E-state index < -0.39 is 6.04 Å². The molecule has 1 atom stereocenters. The Balaban J connectivity index is 1.89. The highest BCUT2D eigenvalue weighted by molar-refractivity contribution is 7.98. The minimum Gasteiger partial charge on any atom is -0.382 e. The number of hydrogen-bond acceptors (Lipinski definition) is 7. The average Bonchev–Trinajstić information content (AvgIpc) is 3.09. The van der Waals surface area contributed by atoms with Crippen LogP contribution in [0.25, 0.3) is 21.9 Å². The summed E-state index contributed by atoms with van der Waals surface area (Å²) in [5, 5.41) is 3.90. The summed E-state index contributed by atoms with van der Waals surface area (Å²) in [6.07, 6.45) is 2.66. The molecule has 8 nitrogen and oxygen atoms in total. The Labute approximate surface area is 174 Å². The summed E-state index contributed by atoms with van der Waals surface area (Å²) in [5.74, 6) is 1.86. The Morgan fingerprint density at radius 2 is 2.14 bits per heavy atom. The molecule has 29 heavy (non-hydrogen) atoms. The first-order valence-corrected chi connectivity index (χ1v) is 11.1. The molecule has 2 heterocycles. The van der Waals surface area contributed by atoms with Crippen molar-refractivity contribution in [1.29, 1.82) is 0 Å². The number of benzene rings is 1. The van der Waals surface area contributed by atoms with Gasteiger partial charge >= 0.3 is 0 Å². The number of hydrogen-bond donors (Lipinski definition) is 3. The lowest BCUT2D eigenvalue weighted by Gasteiger charge is -2.14. The number of anilines is 1. The van der Waals surface area contributed by atoms with Crippen molar-refractivity contribution in [2.24, 2.45) is 5.73 Å². The SMILES string of the molecule is CCOCc1nc2c(N)nc3ccccc3c2n1CCNC(=O)[C@@H](N)CCSC. The third kappa shape index (κ3) is 4.80. The van der Waals surface area contributed by atoms with E-state index in [1.807, 2.05) is 37.4 Å². The average molecular weight is 417 g/mol. The van der Waals surface area contributed by atoms with Gasteiger partial charge in [-0.15, -0.1) is 0 Å². The van der Waals surface area contributed by atoms with Crippen molar-refractivity contribution in [3.8, 4) is 0 Å². The summed E-state index contributed by atoms with van der Waals surface area (Å²) in [5.41, 5.74) is 14.5. The third-order valence-corrected chi connectivity index (χ3v) is 5.37. The first kappa shape index (κ1) is 21.4. The van der Waals surface area contributed by atoms with Crippen LogP contribution in [-0.4, -0.2) is 51.6 Å². The fraction of sp³-hybridized carbons (Fsp3) is 0.450. The first-order chi connectivity index (χ1) is 14.1. The molecule has 0 unspecified atom stereocenters. The van der Waals surface area contributed by atoms with Gasteiger partial charge < -0.3 is 26.1 Å². The van der Waals surface area contributed by atoms with Crippen LogP contribution < -0.4 is 16.8 Å². The summed E-state index contributed by atoms with van der Waals surface area (Å²) < 4.78 is 7.65. The molecule has 5 N–H and O–H groups in total. The lowest BCUT2D eigenvalue weighted by Crippen LogP contribution is -2.42. The second-order valence-electron chi connectivity index (χ2n) is 6.71. The number of aromatic nitrogens is 3. The molecule has 0 aliphatic carbocycles. The normalized spacial score (nSPS) is 12.5. The molecule has 156 valence electrons. The number of rotatable bonds is 10. The summed E-state index contributed by atoms with van der Waals surface area (Å²) in [6, 6.07) is 7.33. The number of carbonyl (C=O) groups excluding carboxylic acids is 1. The molecular weight excluding hydrogens is 388 g/mol. The van der Waals surface area contributed by atoms with Crippen LogP contribution in [-0.2, 0) is 22.7 Å². The highest BCUT2D eigenvalue weighted by Gasteiger charge is 2.18. The predicted molar refractivity (Wildman–Crippen MR) is 119 cm³/mol. The lowest BCUT2D eigenvalue weighted by atomic mass is 10.2. The van der Waals surface area contributed by atoms with Gasteiger partial charge in [0, 0.05) is 25.1 Å². The molecule has 1 aromatic carbocycles. The fourth-order valence-electron chi connectivity index (χ4n) is 3.25. The van der Waals surface area contributed by atoms with Gasteiger partial charge in [-0.3, -0.25) is 4.79 Å². The van der Waals surface area contributed by atoms with Gasteiger partial charge in [0.15, 0.2) is 5.82 Å². The molecule has 0 aliphatic rings. The van der Waals surface area contributed by atoms with Crippen molar-refractivity contribution >= 4 is 45.4 Å². The van der Waals surface area contributed by atoms with Crippen LogP contribution in [0.5, 0.6) is 0 Å². The smallest absolute Gasteiger partial charge is 0.237 e. The minimum atomic E-state index is -0.495. The van der Waals surface area contributed by atoms with Gasteiger partial charge in [-0.25, -0.2) is 9.97 Å². The highest BCUT2D eigenvalue weighted by atomic mass is 32.2. The minimum absolute atomic E-state index is 0.138. The number of amides is 1. The number of nitrogens with zero attached hydrogens (tertiary/aromatic N) is 3. The second-order valence-corrected chi connectivity index (χ2v) is 7.69. The van der Waals surface area contributed by atoms with Crippen LogP contribution in [0.4, 0.5) is 5.82 Å². The van der Waals surface area contributed by atoms with Crippen LogP contribution in [0.3, 0.4) is 0 Å². The molecule has 0 fully saturated rings. The zero-order valence-corrected chi connectivity index (χ0v) is 17.7. The van der Waals surface area contributed by atoms with Gasteiger partial charge in [-0.1, -0.05) is 18.2 Å². The van der Waals surface area contributed by atoms with E-state index >= 15 is 0 Å². The highest BCUT2D eigenvalue weighted by Crippen LogP contribution is 2.28. The van der Waals surface area contributed by atoms with Gasteiger partial charge in [0.25, 0.3) is 0 Å². The molecule has 0 saturated carbocycles. The van der Waals surface area contributed by atoms with E-state index in [9.17, 15) is 4.79 Å². The molecule has 2 aromatic heterocycles. The number of nitrogens with one attached hydrogen (secondary N) is 1. The maximum Gasteiger partial charge on any atom is 0.237 e. The van der Waals surface area contributed by atoms with E-state index in [4.69, 9.17) is 16.2 Å². The molecule has 9 heteroatoms. The van der Waals surface area contributed by atoms with Crippen LogP contribution in [0.15, 0.2) is 24.3 Å². The summed E-state index contributed by atoms with van der Waals surface area (Å²) in [7, 11) is 0. The van der Waals surface area contributed by atoms with Crippen molar-refractivity contribution in [3.05, 3.63) is 30.1 Å². The Kier molecular flexibility index (Phi) is 7.29. The van der Waals surface area contributed by atoms with Gasteiger partial charge in [-0.05, 0) is 31.4 Å². The molecule has 0 radical (unpaired) electrons. The quantitative estimate of drug-likeness (QED) is 0.461. The van der Waals surface area contributed by atoms with E-state index in [1.54, 1.807) is 11.8 Å². The Morgan fingerprint density at radius 1 is 1.34 bits per heavy atom. The Bertz CT molecular complexity index is 990. The zero-order valence-electron chi connectivity index (χ0n) is 16.9. The van der Waals surface area contributed by atoms with Crippen LogP contribution in [0.2, 0.25) is 0 Å². The van der Waals surface area contributed by atoms with Crippen molar-refractivity contribution < 1.29 is 9.53 Å². The molecule has 3 aromatic rings. The van der Waals surface area contributed by atoms with Crippen LogP contribution >= 0.6 is 11.8 Å². The maximum atomic E-state index is 12.2. The number of fused-ring (bicyclic) bond motifs is 3. The second kappa shape index (κ2) is 9.91. The first-order valence-electron chi connectivity index (χ1n) is 9.70. The summed E-state index contributed by atoms with van der Waals surface area (Å²) >= 11 is 1.68. The largest absolute Gasteiger partial charge is 0.382 e. The number of nitrogens with two attached hydrogens (primary N) is 2. The third-order valence-electron chi connectivity index (χ3n) is 4.73. The molecule has 0 saturated heterocycles. The molecule has 0 aliphatic heterocycles. The van der Waals surface area contributed by atoms with E-state index in [2.05, 4.69) is 19.9 Å². The van der Waals surface area contributed by atoms with Gasteiger partial charge in [0.2, 0.25) is 5.91 Å². The maximum absolute atomic E-state index is 12.2. The van der Waals surface area contributed by atoms with Crippen LogP contribution in [0.1, 0.15) is 19.2 Å². The number of ether oxygens (including phenoxy) is 1. The van der Waals surface area contributed by atoms with E-state index in [1.165, 1.54) is 0 Å². The predicted octanol–water partition coefficient (Wildman–Crippen LogP) is 1.90. The van der Waals surface area contributed by atoms with Crippen molar-refractivity contribution in [1.82, 2.24) is 19.9 Å². The molecule has 1 amide bonds. The van der Waals surface area contributed by atoms with E-state index in [0.29, 0.717) is 44.1 Å². The molecular formula is C20H28N6O2S. The zero-order chi connectivity index (χ0) is 20.8. The molecule has 0 spiro atoms. The molecule has 0 bridgehead atoms. The van der Waals surface area contributed by atoms with Crippen LogP contribution in [0, 0.1) is 0 Å². The molecule has 3 rings (SSSR count). The Hall–Kier alpha value is -2.36. The number of thioether (sulfide) groups is 1. The number of carbonyl (C=O) groups is 1. The van der Waals surface area contributed by atoms with Gasteiger partial charge in [0.1, 0.15) is 17.9 Å². The topological polar surface area (TPSA) is 121 Å². The number of imidazole rings is 1. The van der Waals surface area contributed by atoms with Gasteiger partial charge in [0.05, 0.1) is 17.1 Å². The monoisotopic (exact) mass is 416 g/mol.